The minimum Gasteiger partial charge on any atom is -0.481 e. The second kappa shape index (κ2) is 9.59. The van der Waals surface area contributed by atoms with E-state index in [2.05, 4.69) is 52.8 Å². The van der Waals surface area contributed by atoms with Gasteiger partial charge in [0.25, 0.3) is 5.97 Å². The zero-order chi connectivity index (χ0) is 22.5. The maximum absolute atomic E-state index is 12.3. The highest BCUT2D eigenvalue weighted by atomic mass is 16.4. The topological polar surface area (TPSA) is 93.2 Å². The predicted molar refractivity (Wildman–Crippen MR) is 118 cm³/mol. The van der Waals surface area contributed by atoms with Crippen molar-refractivity contribution in [3.8, 4) is 17.1 Å². The molecular formula is C23H29N5O3. The standard InChI is InChI=1S/C21H25N5O.C2H4O2/c1-4-9-24-14-19(13-20(24)27)25-10-8-22-21(25)17-6-5-7-18(12-17)26-16(3)11-15(2)23-26;1-2(3)4/h5-8,10-12,19H,4,9,13-14H2,1-3H3;1H3,(H,3,4). The lowest BCUT2D eigenvalue weighted by Crippen LogP contribution is -2.26. The second-order valence-corrected chi connectivity index (χ2v) is 7.76. The van der Waals surface area contributed by atoms with Gasteiger partial charge in [-0.2, -0.15) is 5.10 Å². The average molecular weight is 424 g/mol. The summed E-state index contributed by atoms with van der Waals surface area (Å²) in [5, 5.41) is 12.0. The summed E-state index contributed by atoms with van der Waals surface area (Å²) in [6.07, 6.45) is 5.33. The molecule has 1 unspecified atom stereocenters. The lowest BCUT2D eigenvalue weighted by Gasteiger charge is -2.17. The summed E-state index contributed by atoms with van der Waals surface area (Å²) >= 11 is 0. The first-order valence-electron chi connectivity index (χ1n) is 10.4. The molecule has 0 radical (unpaired) electrons. The van der Waals surface area contributed by atoms with Gasteiger partial charge < -0.3 is 14.6 Å². The van der Waals surface area contributed by atoms with Crippen LogP contribution in [-0.2, 0) is 9.59 Å². The van der Waals surface area contributed by atoms with E-state index in [0.717, 1.165) is 54.9 Å². The number of amides is 1. The number of imidazole rings is 1. The van der Waals surface area contributed by atoms with Gasteiger partial charge in [-0.15, -0.1) is 0 Å². The van der Waals surface area contributed by atoms with Crippen LogP contribution < -0.4 is 0 Å². The number of rotatable bonds is 5. The third-order valence-electron chi connectivity index (χ3n) is 5.11. The molecule has 1 aliphatic heterocycles. The Kier molecular flexibility index (Phi) is 6.89. The van der Waals surface area contributed by atoms with Gasteiger partial charge in [-0.05, 0) is 38.5 Å². The molecular weight excluding hydrogens is 394 g/mol. The number of aromatic nitrogens is 4. The SMILES string of the molecule is CC(=O)O.CCCN1CC(n2ccnc2-c2cccc(-n3nc(C)cc3C)c2)CC1=O. The van der Waals surface area contributed by atoms with Crippen LogP contribution in [0.4, 0.5) is 0 Å². The summed E-state index contributed by atoms with van der Waals surface area (Å²) in [5.41, 5.74) is 4.15. The number of carboxylic acid groups (broad SMARTS) is 1. The molecule has 1 aliphatic rings. The van der Waals surface area contributed by atoms with E-state index in [1.54, 1.807) is 0 Å². The minimum atomic E-state index is -0.833. The number of hydrogen-bond donors (Lipinski definition) is 1. The zero-order valence-corrected chi connectivity index (χ0v) is 18.4. The second-order valence-electron chi connectivity index (χ2n) is 7.76. The average Bonchev–Trinajstić information content (AvgIpc) is 3.41. The van der Waals surface area contributed by atoms with Gasteiger partial charge in [0, 0.05) is 50.1 Å². The fraction of sp³-hybridized carbons (Fsp3) is 0.391. The molecule has 0 bridgehead atoms. The van der Waals surface area contributed by atoms with Crippen molar-refractivity contribution in [3.63, 3.8) is 0 Å². The van der Waals surface area contributed by atoms with E-state index in [-0.39, 0.29) is 11.9 Å². The molecule has 8 nitrogen and oxygen atoms in total. The van der Waals surface area contributed by atoms with E-state index >= 15 is 0 Å². The molecule has 1 aromatic carbocycles. The van der Waals surface area contributed by atoms with Crippen molar-refractivity contribution < 1.29 is 14.7 Å². The van der Waals surface area contributed by atoms with Crippen molar-refractivity contribution in [2.24, 2.45) is 0 Å². The molecule has 1 saturated heterocycles. The molecule has 3 heterocycles. The van der Waals surface area contributed by atoms with Gasteiger partial charge in [0.1, 0.15) is 5.82 Å². The fourth-order valence-electron chi connectivity index (χ4n) is 3.92. The molecule has 4 rings (SSSR count). The molecule has 0 saturated carbocycles. The smallest absolute Gasteiger partial charge is 0.300 e. The van der Waals surface area contributed by atoms with Crippen LogP contribution in [0.3, 0.4) is 0 Å². The van der Waals surface area contributed by atoms with Crippen LogP contribution in [0.25, 0.3) is 17.1 Å². The summed E-state index contributed by atoms with van der Waals surface area (Å²) in [6, 6.07) is 10.5. The number of hydrogen-bond acceptors (Lipinski definition) is 4. The highest BCUT2D eigenvalue weighted by Crippen LogP contribution is 2.29. The van der Waals surface area contributed by atoms with Crippen molar-refractivity contribution in [2.45, 2.75) is 46.6 Å². The Bertz CT molecular complexity index is 1060. The maximum Gasteiger partial charge on any atom is 0.300 e. The molecule has 2 aromatic heterocycles. The summed E-state index contributed by atoms with van der Waals surface area (Å²) < 4.78 is 4.10. The Morgan fingerprint density at radius 2 is 2.00 bits per heavy atom. The number of aliphatic carboxylic acids is 1. The van der Waals surface area contributed by atoms with E-state index in [1.165, 1.54) is 0 Å². The number of nitrogens with zero attached hydrogens (tertiary/aromatic N) is 5. The number of carboxylic acids is 1. The Morgan fingerprint density at radius 1 is 1.26 bits per heavy atom. The number of benzene rings is 1. The number of carbonyl (C=O) groups excluding carboxylic acids is 1. The lowest BCUT2D eigenvalue weighted by molar-refractivity contribution is -0.134. The summed E-state index contributed by atoms with van der Waals surface area (Å²) in [5.74, 6) is 0.299. The molecule has 0 spiro atoms. The van der Waals surface area contributed by atoms with E-state index < -0.39 is 5.97 Å². The first kappa shape index (κ1) is 22.3. The van der Waals surface area contributed by atoms with Crippen LogP contribution in [0.1, 0.15) is 44.1 Å². The van der Waals surface area contributed by atoms with Crippen molar-refractivity contribution in [1.82, 2.24) is 24.2 Å². The molecule has 1 fully saturated rings. The number of aryl methyl sites for hydroxylation is 2. The van der Waals surface area contributed by atoms with E-state index in [0.29, 0.717) is 6.42 Å². The van der Waals surface area contributed by atoms with Gasteiger partial charge in [-0.25, -0.2) is 9.67 Å². The molecule has 1 amide bonds. The monoisotopic (exact) mass is 423 g/mol. The molecule has 8 heteroatoms. The van der Waals surface area contributed by atoms with Gasteiger partial charge in [-0.3, -0.25) is 9.59 Å². The number of carbonyl (C=O) groups is 2. The molecule has 0 aliphatic carbocycles. The van der Waals surface area contributed by atoms with Gasteiger partial charge in [0.05, 0.1) is 17.4 Å². The van der Waals surface area contributed by atoms with Crippen LogP contribution >= 0.6 is 0 Å². The maximum atomic E-state index is 12.3. The van der Waals surface area contributed by atoms with Gasteiger partial charge in [0.2, 0.25) is 5.91 Å². The van der Waals surface area contributed by atoms with Crippen molar-refractivity contribution in [3.05, 3.63) is 54.1 Å². The lowest BCUT2D eigenvalue weighted by atomic mass is 10.1. The molecule has 1 N–H and O–H groups in total. The third kappa shape index (κ3) is 5.20. The summed E-state index contributed by atoms with van der Waals surface area (Å²) in [4.78, 5) is 27.8. The van der Waals surface area contributed by atoms with Crippen LogP contribution in [0.5, 0.6) is 0 Å². The Morgan fingerprint density at radius 3 is 2.65 bits per heavy atom. The minimum absolute atomic E-state index is 0.138. The molecule has 1 atom stereocenters. The molecule has 3 aromatic rings. The quantitative estimate of drug-likeness (QED) is 0.676. The van der Waals surface area contributed by atoms with Crippen LogP contribution in [0.2, 0.25) is 0 Å². The van der Waals surface area contributed by atoms with Gasteiger partial charge >= 0.3 is 0 Å². The highest BCUT2D eigenvalue weighted by molar-refractivity contribution is 5.79. The predicted octanol–water partition coefficient (Wildman–Crippen LogP) is 3.63. The summed E-state index contributed by atoms with van der Waals surface area (Å²) in [7, 11) is 0. The van der Waals surface area contributed by atoms with Crippen LogP contribution in [0, 0.1) is 13.8 Å². The highest BCUT2D eigenvalue weighted by Gasteiger charge is 2.31. The van der Waals surface area contributed by atoms with Crippen LogP contribution in [0.15, 0.2) is 42.7 Å². The van der Waals surface area contributed by atoms with E-state index in [9.17, 15) is 4.79 Å². The normalized spacial score (nSPS) is 15.7. The Hall–Kier alpha value is -3.42. The van der Waals surface area contributed by atoms with Crippen molar-refractivity contribution in [2.75, 3.05) is 13.1 Å². The van der Waals surface area contributed by atoms with Crippen LogP contribution in [-0.4, -0.2) is 54.3 Å². The molecule has 164 valence electrons. The fourth-order valence-corrected chi connectivity index (χ4v) is 3.92. The van der Waals surface area contributed by atoms with E-state index in [4.69, 9.17) is 9.90 Å². The first-order chi connectivity index (χ1) is 14.8. The van der Waals surface area contributed by atoms with Crippen molar-refractivity contribution >= 4 is 11.9 Å². The van der Waals surface area contributed by atoms with Gasteiger partial charge in [-0.1, -0.05) is 19.1 Å². The third-order valence-corrected chi connectivity index (χ3v) is 5.11. The van der Waals surface area contributed by atoms with Gasteiger partial charge in [0.15, 0.2) is 0 Å². The van der Waals surface area contributed by atoms with E-state index in [1.807, 2.05) is 35.0 Å². The first-order valence-corrected chi connectivity index (χ1v) is 10.4. The summed E-state index contributed by atoms with van der Waals surface area (Å²) in [6.45, 7) is 8.83. The Labute approximate surface area is 182 Å². The molecule has 31 heavy (non-hydrogen) atoms. The largest absolute Gasteiger partial charge is 0.481 e. The number of likely N-dealkylation sites (tertiary alicyclic amines) is 1. The zero-order valence-electron chi connectivity index (χ0n) is 18.4. The Balaban J connectivity index is 0.000000628. The van der Waals surface area contributed by atoms with Crippen molar-refractivity contribution in [1.29, 1.82) is 0 Å².